The molecule has 102 valence electrons. The molecule has 2 aromatic rings. The molecule has 0 saturated carbocycles. The zero-order chi connectivity index (χ0) is 14.7. The fraction of sp³-hybridized carbons (Fsp3) is 0.0714. The zero-order valence-electron chi connectivity index (χ0n) is 10.8. The molecule has 2 aromatic carbocycles. The predicted octanol–water partition coefficient (Wildman–Crippen LogP) is 2.42. The number of nitrogens with two attached hydrogens (primary N) is 1. The predicted molar refractivity (Wildman–Crippen MR) is 75.3 cm³/mol. The molecular formula is C14H13N3O3. The van der Waals surface area contributed by atoms with Crippen LogP contribution >= 0.6 is 0 Å². The molecule has 0 spiro atoms. The van der Waals surface area contributed by atoms with Crippen LogP contribution in [-0.2, 0) is 0 Å². The van der Waals surface area contributed by atoms with Gasteiger partial charge in [-0.15, -0.1) is 0 Å². The molecule has 0 bridgehead atoms. The van der Waals surface area contributed by atoms with Crippen LogP contribution in [0.15, 0.2) is 48.5 Å². The minimum Gasteiger partial charge on any atom is -0.267 e. The average molecular weight is 271 g/mol. The van der Waals surface area contributed by atoms with Gasteiger partial charge in [-0.25, -0.2) is 10.9 Å². The first-order valence-electron chi connectivity index (χ1n) is 5.90. The molecule has 20 heavy (non-hydrogen) atoms. The number of aryl methyl sites for hydroxylation is 1. The van der Waals surface area contributed by atoms with Gasteiger partial charge in [0.2, 0.25) is 0 Å². The van der Waals surface area contributed by atoms with E-state index in [1.54, 1.807) is 43.3 Å². The summed E-state index contributed by atoms with van der Waals surface area (Å²) in [5.41, 5.74) is 0.732. The summed E-state index contributed by atoms with van der Waals surface area (Å²) in [6.45, 7) is 1.64. The van der Waals surface area contributed by atoms with E-state index in [0.717, 1.165) is 5.01 Å². The molecule has 6 nitrogen and oxygen atoms in total. The summed E-state index contributed by atoms with van der Waals surface area (Å²) in [4.78, 5) is 22.8. The Kier molecular flexibility index (Phi) is 3.76. The molecule has 0 fully saturated rings. The van der Waals surface area contributed by atoms with E-state index in [1.807, 2.05) is 0 Å². The lowest BCUT2D eigenvalue weighted by Crippen LogP contribution is -2.38. The highest BCUT2D eigenvalue weighted by molar-refractivity contribution is 6.08. The molecule has 0 unspecified atom stereocenters. The fourth-order valence-electron chi connectivity index (χ4n) is 1.91. The number of nitro groups is 1. The van der Waals surface area contributed by atoms with E-state index < -0.39 is 10.8 Å². The van der Waals surface area contributed by atoms with Gasteiger partial charge < -0.3 is 0 Å². The van der Waals surface area contributed by atoms with Gasteiger partial charge in [-0.2, -0.15) is 0 Å². The van der Waals surface area contributed by atoms with Gasteiger partial charge >= 0.3 is 0 Å². The summed E-state index contributed by atoms with van der Waals surface area (Å²) >= 11 is 0. The topological polar surface area (TPSA) is 89.5 Å². The minimum atomic E-state index is -0.610. The third-order valence-electron chi connectivity index (χ3n) is 2.91. The molecule has 0 radical (unpaired) electrons. The standard InChI is InChI=1S/C14H13N3O3/c1-10-6-5-9-12(17(19)20)13(10)14(18)16(15)11-7-3-2-4-8-11/h2-9H,15H2,1H3. The van der Waals surface area contributed by atoms with Gasteiger partial charge in [0.05, 0.1) is 10.6 Å². The van der Waals surface area contributed by atoms with Crippen LogP contribution in [0.3, 0.4) is 0 Å². The summed E-state index contributed by atoms with van der Waals surface area (Å²) in [6, 6.07) is 13.0. The lowest BCUT2D eigenvalue weighted by atomic mass is 10.1. The number of hydrogen-bond donors (Lipinski definition) is 1. The van der Waals surface area contributed by atoms with Crippen molar-refractivity contribution in [3.63, 3.8) is 0 Å². The largest absolute Gasteiger partial charge is 0.282 e. The number of carbonyl (C=O) groups is 1. The third kappa shape index (κ3) is 2.50. The molecule has 2 N–H and O–H groups in total. The summed E-state index contributed by atoms with van der Waals surface area (Å²) in [7, 11) is 0. The van der Waals surface area contributed by atoms with Crippen molar-refractivity contribution in [1.82, 2.24) is 0 Å². The quantitative estimate of drug-likeness (QED) is 0.402. The minimum absolute atomic E-state index is 0.00357. The van der Waals surface area contributed by atoms with Crippen molar-refractivity contribution in [3.05, 3.63) is 69.8 Å². The van der Waals surface area contributed by atoms with Crippen molar-refractivity contribution in [1.29, 1.82) is 0 Å². The second-order valence-corrected chi connectivity index (χ2v) is 4.24. The smallest absolute Gasteiger partial charge is 0.267 e. The van der Waals surface area contributed by atoms with Crippen molar-refractivity contribution in [2.45, 2.75) is 6.92 Å². The maximum Gasteiger partial charge on any atom is 0.282 e. The Morgan fingerprint density at radius 3 is 2.40 bits per heavy atom. The van der Waals surface area contributed by atoms with Crippen LogP contribution in [0.25, 0.3) is 0 Å². The van der Waals surface area contributed by atoms with Gasteiger partial charge in [0.1, 0.15) is 5.56 Å². The van der Waals surface area contributed by atoms with Crippen LogP contribution in [0.1, 0.15) is 15.9 Å². The molecule has 0 aliphatic rings. The van der Waals surface area contributed by atoms with Crippen LogP contribution in [0, 0.1) is 17.0 Å². The summed E-state index contributed by atoms with van der Waals surface area (Å²) in [5.74, 6) is 5.16. The Hall–Kier alpha value is -2.73. The molecular weight excluding hydrogens is 258 g/mol. The molecule has 1 amide bonds. The number of nitro benzene ring substituents is 1. The highest BCUT2D eigenvalue weighted by Gasteiger charge is 2.25. The lowest BCUT2D eigenvalue weighted by Gasteiger charge is -2.17. The number of hydrazine groups is 1. The average Bonchev–Trinajstić information content (AvgIpc) is 2.46. The Labute approximate surface area is 115 Å². The van der Waals surface area contributed by atoms with Crippen molar-refractivity contribution in [3.8, 4) is 0 Å². The van der Waals surface area contributed by atoms with Gasteiger partial charge in [-0.1, -0.05) is 30.3 Å². The maximum atomic E-state index is 12.4. The second kappa shape index (κ2) is 5.50. The van der Waals surface area contributed by atoms with Crippen molar-refractivity contribution >= 4 is 17.3 Å². The highest BCUT2D eigenvalue weighted by Crippen LogP contribution is 2.24. The van der Waals surface area contributed by atoms with Crippen LogP contribution in [-0.4, -0.2) is 10.8 Å². The third-order valence-corrected chi connectivity index (χ3v) is 2.91. The van der Waals surface area contributed by atoms with E-state index >= 15 is 0 Å². The number of carbonyl (C=O) groups excluding carboxylic acids is 1. The molecule has 2 rings (SSSR count). The normalized spacial score (nSPS) is 10.1. The first-order chi connectivity index (χ1) is 9.52. The fourth-order valence-corrected chi connectivity index (χ4v) is 1.91. The van der Waals surface area contributed by atoms with E-state index in [9.17, 15) is 14.9 Å². The second-order valence-electron chi connectivity index (χ2n) is 4.24. The van der Waals surface area contributed by atoms with Crippen LogP contribution < -0.4 is 10.9 Å². The molecule has 0 saturated heterocycles. The Morgan fingerprint density at radius 1 is 1.15 bits per heavy atom. The van der Waals surface area contributed by atoms with E-state index in [4.69, 9.17) is 5.84 Å². The summed E-state index contributed by atoms with van der Waals surface area (Å²) in [5, 5.41) is 11.9. The number of benzene rings is 2. The van der Waals surface area contributed by atoms with E-state index in [-0.39, 0.29) is 11.3 Å². The Bertz CT molecular complexity index is 656. The molecule has 0 atom stereocenters. The highest BCUT2D eigenvalue weighted by atomic mass is 16.6. The zero-order valence-corrected chi connectivity index (χ0v) is 10.8. The van der Waals surface area contributed by atoms with Crippen LogP contribution in [0.4, 0.5) is 11.4 Å². The number of amides is 1. The SMILES string of the molecule is Cc1cccc([N+](=O)[O-])c1C(=O)N(N)c1ccccc1. The van der Waals surface area contributed by atoms with Crippen molar-refractivity contribution < 1.29 is 9.72 Å². The summed E-state index contributed by atoms with van der Waals surface area (Å²) < 4.78 is 0. The molecule has 0 heterocycles. The number of rotatable bonds is 3. The van der Waals surface area contributed by atoms with E-state index in [0.29, 0.717) is 11.3 Å². The van der Waals surface area contributed by atoms with Crippen molar-refractivity contribution in [2.75, 3.05) is 5.01 Å². The van der Waals surface area contributed by atoms with Gasteiger partial charge in [0.25, 0.3) is 11.6 Å². The number of nitrogens with zero attached hydrogens (tertiary/aromatic N) is 2. The Balaban J connectivity index is 2.47. The first-order valence-corrected chi connectivity index (χ1v) is 5.90. The van der Waals surface area contributed by atoms with E-state index in [2.05, 4.69) is 0 Å². The first kappa shape index (κ1) is 13.7. The van der Waals surface area contributed by atoms with Crippen molar-refractivity contribution in [2.24, 2.45) is 5.84 Å². The molecule has 0 aliphatic carbocycles. The van der Waals surface area contributed by atoms with Gasteiger partial charge in [-0.3, -0.25) is 14.9 Å². The number of anilines is 1. The number of para-hydroxylation sites is 1. The lowest BCUT2D eigenvalue weighted by molar-refractivity contribution is -0.385. The maximum absolute atomic E-state index is 12.4. The molecule has 0 aliphatic heterocycles. The van der Waals surface area contributed by atoms with Crippen LogP contribution in [0.2, 0.25) is 0 Å². The Morgan fingerprint density at radius 2 is 1.80 bits per heavy atom. The molecule has 0 aromatic heterocycles. The monoisotopic (exact) mass is 271 g/mol. The van der Waals surface area contributed by atoms with Crippen LogP contribution in [0.5, 0.6) is 0 Å². The number of hydrogen-bond acceptors (Lipinski definition) is 4. The van der Waals surface area contributed by atoms with E-state index in [1.165, 1.54) is 12.1 Å². The molecule has 6 heteroatoms. The van der Waals surface area contributed by atoms with Gasteiger partial charge in [-0.05, 0) is 24.6 Å². The van der Waals surface area contributed by atoms with Gasteiger partial charge in [0, 0.05) is 6.07 Å². The van der Waals surface area contributed by atoms with Gasteiger partial charge in [0.15, 0.2) is 0 Å². The summed E-state index contributed by atoms with van der Waals surface area (Å²) in [6.07, 6.45) is 0.